The largest absolute Gasteiger partial charge is 0.493 e. The van der Waals surface area contributed by atoms with Gasteiger partial charge in [0.05, 0.1) is 38.7 Å². The molecule has 9 nitrogen and oxygen atoms in total. The maximum Gasteiger partial charge on any atom is 0.338 e. The van der Waals surface area contributed by atoms with Crippen molar-refractivity contribution < 1.29 is 28.9 Å². The minimum absolute atomic E-state index is 0.149. The van der Waals surface area contributed by atoms with Crippen molar-refractivity contribution in [3.63, 3.8) is 0 Å². The van der Waals surface area contributed by atoms with Crippen molar-refractivity contribution in [3.8, 4) is 11.5 Å². The number of nitrogens with zero attached hydrogens (tertiary/aromatic N) is 2. The third kappa shape index (κ3) is 5.92. The van der Waals surface area contributed by atoms with Crippen molar-refractivity contribution in [1.29, 1.82) is 0 Å². The van der Waals surface area contributed by atoms with Crippen molar-refractivity contribution in [2.75, 3.05) is 13.7 Å². The summed E-state index contributed by atoms with van der Waals surface area (Å²) in [6, 6.07) is 13.3. The van der Waals surface area contributed by atoms with Crippen LogP contribution in [0.4, 0.5) is 0 Å². The van der Waals surface area contributed by atoms with Crippen LogP contribution in [0.5, 0.6) is 11.5 Å². The average Bonchev–Trinajstić information content (AvgIpc) is 3.60. The number of aromatic nitrogens is 1. The van der Waals surface area contributed by atoms with Crippen LogP contribution in [0.2, 0.25) is 0 Å². The molecule has 0 saturated heterocycles. The number of thiophene rings is 1. The summed E-state index contributed by atoms with van der Waals surface area (Å²) in [5.74, 6) is -0.527. The Kier molecular flexibility index (Phi) is 8.94. The van der Waals surface area contributed by atoms with Gasteiger partial charge in [0.15, 0.2) is 16.3 Å². The number of hydrogen-bond donors (Lipinski definition) is 1. The van der Waals surface area contributed by atoms with Crippen molar-refractivity contribution >= 4 is 63.3 Å². The predicted molar refractivity (Wildman–Crippen MR) is 168 cm³/mol. The van der Waals surface area contributed by atoms with E-state index in [2.05, 4.69) is 27.6 Å². The number of thiazole rings is 1. The summed E-state index contributed by atoms with van der Waals surface area (Å²) in [6.45, 7) is 3.86. The molecule has 0 unspecified atom stereocenters. The van der Waals surface area contributed by atoms with Gasteiger partial charge in [-0.2, -0.15) is 0 Å². The van der Waals surface area contributed by atoms with Gasteiger partial charge < -0.3 is 19.3 Å². The first-order valence-corrected chi connectivity index (χ1v) is 15.5. The monoisotopic (exact) mass is 716 g/mol. The van der Waals surface area contributed by atoms with E-state index in [1.54, 1.807) is 48.8 Å². The van der Waals surface area contributed by atoms with Crippen LogP contribution < -0.4 is 24.4 Å². The van der Waals surface area contributed by atoms with E-state index in [4.69, 9.17) is 14.2 Å². The number of ether oxygens (including phenoxy) is 3. The molecule has 0 saturated carbocycles. The van der Waals surface area contributed by atoms with Gasteiger partial charge in [-0.15, -0.1) is 11.3 Å². The van der Waals surface area contributed by atoms with Crippen molar-refractivity contribution in [1.82, 2.24) is 4.57 Å². The summed E-state index contributed by atoms with van der Waals surface area (Å²) < 4.78 is 19.7. The Morgan fingerprint density at radius 3 is 2.69 bits per heavy atom. The van der Waals surface area contributed by atoms with Crippen LogP contribution in [0, 0.1) is 3.57 Å². The van der Waals surface area contributed by atoms with Gasteiger partial charge in [0.25, 0.3) is 5.56 Å². The minimum Gasteiger partial charge on any atom is -0.493 e. The lowest BCUT2D eigenvalue weighted by molar-refractivity contribution is -0.139. The second kappa shape index (κ2) is 12.6. The Morgan fingerprint density at radius 2 is 2.00 bits per heavy atom. The highest BCUT2D eigenvalue weighted by Crippen LogP contribution is 2.35. The smallest absolute Gasteiger partial charge is 0.338 e. The first-order chi connectivity index (χ1) is 20.2. The molecule has 0 bridgehead atoms. The molecule has 1 atom stereocenters. The third-order valence-corrected chi connectivity index (χ3v) is 9.15. The van der Waals surface area contributed by atoms with Crippen LogP contribution >= 0.6 is 45.3 Å². The number of hydrogen-bond acceptors (Lipinski definition) is 9. The van der Waals surface area contributed by atoms with Gasteiger partial charge in [0.2, 0.25) is 0 Å². The molecular formula is C30H25IN2O7S2. The van der Waals surface area contributed by atoms with E-state index < -0.39 is 18.0 Å². The molecule has 2 aromatic heterocycles. The van der Waals surface area contributed by atoms with Crippen molar-refractivity contribution in [2.24, 2.45) is 4.99 Å². The molecular weight excluding hydrogens is 691 g/mol. The Morgan fingerprint density at radius 1 is 1.19 bits per heavy atom. The molecule has 0 aliphatic carbocycles. The highest BCUT2D eigenvalue weighted by molar-refractivity contribution is 14.1. The number of allylic oxidation sites excluding steroid dienone is 1. The fourth-order valence-electron chi connectivity index (χ4n) is 4.57. The summed E-state index contributed by atoms with van der Waals surface area (Å²) in [5, 5.41) is 11.2. The number of carboxylic acid groups (broad SMARTS) is 1. The zero-order valence-corrected chi connectivity index (χ0v) is 26.5. The summed E-state index contributed by atoms with van der Waals surface area (Å²) in [5.41, 5.74) is 2.21. The first kappa shape index (κ1) is 29.7. The average molecular weight is 717 g/mol. The van der Waals surface area contributed by atoms with Gasteiger partial charge in [-0.3, -0.25) is 9.36 Å². The molecule has 216 valence electrons. The predicted octanol–water partition coefficient (Wildman–Crippen LogP) is 4.75. The zero-order chi connectivity index (χ0) is 30.0. The van der Waals surface area contributed by atoms with E-state index in [0.29, 0.717) is 37.7 Å². The quantitative estimate of drug-likeness (QED) is 0.197. The number of esters is 1. The van der Waals surface area contributed by atoms with Gasteiger partial charge >= 0.3 is 11.9 Å². The highest BCUT2D eigenvalue weighted by atomic mass is 127. The third-order valence-electron chi connectivity index (χ3n) is 6.44. The van der Waals surface area contributed by atoms with Crippen molar-refractivity contribution in [2.45, 2.75) is 26.5 Å². The Hall–Kier alpha value is -3.75. The lowest BCUT2D eigenvalue weighted by Gasteiger charge is -2.23. The topological polar surface area (TPSA) is 116 Å². The summed E-state index contributed by atoms with van der Waals surface area (Å²) in [6.07, 6.45) is 1.77. The van der Waals surface area contributed by atoms with Crippen LogP contribution in [-0.4, -0.2) is 35.3 Å². The number of carbonyl (C=O) groups excluding carboxylic acids is 1. The SMILES string of the molecule is CCOC(=O)C1=C(C)N=c2s/c(=C\c3cc(I)c(OCc4cccc(C(=O)O)c4)c(OC)c3)c(=O)n2[C@@H]1c1cccs1. The fourth-order valence-corrected chi connectivity index (χ4v) is 7.22. The number of benzene rings is 2. The number of aromatic carboxylic acids is 1. The second-order valence-corrected chi connectivity index (χ2v) is 12.3. The number of rotatable bonds is 9. The first-order valence-electron chi connectivity index (χ1n) is 12.8. The van der Waals surface area contributed by atoms with E-state index in [1.165, 1.54) is 35.8 Å². The van der Waals surface area contributed by atoms with E-state index in [0.717, 1.165) is 14.0 Å². The standard InChI is InChI=1S/C30H25IN2O7S2/c1-4-39-29(37)24-16(2)32-30-33(25(24)22-9-6-10-41-22)27(34)23(42-30)14-18-12-20(31)26(21(13-18)38-3)40-15-17-7-5-8-19(11-17)28(35)36/h5-14,25H,4,15H2,1-3H3,(H,35,36)/b23-14-/t25-/m1/s1. The number of carboxylic acids is 1. The molecule has 5 rings (SSSR count). The summed E-state index contributed by atoms with van der Waals surface area (Å²) >= 11 is 4.85. The van der Waals surface area contributed by atoms with Gasteiger partial charge in [-0.25, -0.2) is 14.6 Å². The molecule has 1 N–H and O–H groups in total. The van der Waals surface area contributed by atoms with Crippen LogP contribution in [0.25, 0.3) is 6.08 Å². The molecule has 12 heteroatoms. The van der Waals surface area contributed by atoms with Crippen LogP contribution in [0.15, 0.2) is 75.0 Å². The lowest BCUT2D eigenvalue weighted by Crippen LogP contribution is -2.39. The van der Waals surface area contributed by atoms with E-state index in [1.807, 2.05) is 23.6 Å². The fraction of sp³-hybridized carbons (Fsp3) is 0.200. The maximum absolute atomic E-state index is 13.8. The van der Waals surface area contributed by atoms with E-state index in [-0.39, 0.29) is 24.3 Å². The molecule has 1 aliphatic heterocycles. The lowest BCUT2D eigenvalue weighted by atomic mass is 10.0. The molecule has 1 aliphatic rings. The Bertz CT molecular complexity index is 1890. The number of halogens is 1. The zero-order valence-electron chi connectivity index (χ0n) is 22.8. The minimum atomic E-state index is -1.01. The normalized spacial score (nSPS) is 14.8. The molecule has 0 radical (unpaired) electrons. The molecule has 4 aromatic rings. The van der Waals surface area contributed by atoms with E-state index in [9.17, 15) is 19.5 Å². The molecule has 0 amide bonds. The Balaban J connectivity index is 1.52. The van der Waals surface area contributed by atoms with Gasteiger partial charge in [0.1, 0.15) is 12.6 Å². The van der Waals surface area contributed by atoms with Crippen LogP contribution in [0.3, 0.4) is 0 Å². The Labute approximate surface area is 262 Å². The number of carbonyl (C=O) groups is 2. The summed E-state index contributed by atoms with van der Waals surface area (Å²) in [7, 11) is 1.53. The van der Waals surface area contributed by atoms with Crippen molar-refractivity contribution in [3.05, 3.63) is 110 Å². The molecule has 0 fully saturated rings. The molecule has 3 heterocycles. The van der Waals surface area contributed by atoms with Gasteiger partial charge in [-0.1, -0.05) is 29.5 Å². The van der Waals surface area contributed by atoms with Crippen LogP contribution in [-0.2, 0) is 16.1 Å². The highest BCUT2D eigenvalue weighted by Gasteiger charge is 2.33. The van der Waals surface area contributed by atoms with Gasteiger partial charge in [-0.05, 0) is 89.4 Å². The van der Waals surface area contributed by atoms with Crippen LogP contribution in [0.1, 0.15) is 46.3 Å². The van der Waals surface area contributed by atoms with Gasteiger partial charge in [0, 0.05) is 4.88 Å². The van der Waals surface area contributed by atoms with E-state index >= 15 is 0 Å². The number of methoxy groups -OCH3 is 1. The molecule has 2 aromatic carbocycles. The molecule has 0 spiro atoms. The summed E-state index contributed by atoms with van der Waals surface area (Å²) in [4.78, 5) is 44.0. The molecule has 42 heavy (non-hydrogen) atoms. The number of fused-ring (bicyclic) bond motifs is 1. The second-order valence-electron chi connectivity index (χ2n) is 9.15. The maximum atomic E-state index is 13.8.